The minimum absolute atomic E-state index is 0. The fourth-order valence-electron chi connectivity index (χ4n) is 0.488. The summed E-state index contributed by atoms with van der Waals surface area (Å²) in [5.74, 6) is -1.19. The van der Waals surface area contributed by atoms with Gasteiger partial charge in [0.25, 0.3) is 0 Å². The Kier molecular flexibility index (Phi) is 3.80. The quantitative estimate of drug-likeness (QED) is 0.491. The van der Waals surface area contributed by atoms with Gasteiger partial charge < -0.3 is 14.9 Å². The molecular formula is C5H3BrLiNO2. The van der Waals surface area contributed by atoms with E-state index >= 15 is 0 Å². The number of rotatable bonds is 1. The normalized spacial score (nSPS) is 8.50. The van der Waals surface area contributed by atoms with Gasteiger partial charge in [0.2, 0.25) is 0 Å². The van der Waals surface area contributed by atoms with Crippen LogP contribution in [0.15, 0.2) is 16.7 Å². The maximum atomic E-state index is 10.1. The predicted octanol–water partition coefficient (Wildman–Crippen LogP) is -2.86. The molecule has 1 heterocycles. The van der Waals surface area contributed by atoms with Crippen molar-refractivity contribution in [2.24, 2.45) is 0 Å². The molecule has 0 aliphatic heterocycles. The van der Waals surface area contributed by atoms with Crippen molar-refractivity contribution in [2.45, 2.75) is 0 Å². The number of aromatic nitrogens is 1. The average Bonchev–Trinajstić information content (AvgIpc) is 2.14. The van der Waals surface area contributed by atoms with Crippen LogP contribution in [-0.4, -0.2) is 11.0 Å². The number of aromatic carboxylic acids is 1. The number of hydrogen-bond acceptors (Lipinski definition) is 2. The number of carboxylic acids is 1. The molecule has 0 aliphatic rings. The Morgan fingerprint density at radius 3 is 2.40 bits per heavy atom. The molecule has 10 heavy (non-hydrogen) atoms. The second-order valence-electron chi connectivity index (χ2n) is 1.51. The maximum Gasteiger partial charge on any atom is 1.00 e. The Morgan fingerprint density at radius 1 is 1.60 bits per heavy atom. The van der Waals surface area contributed by atoms with Crippen LogP contribution in [0.1, 0.15) is 10.5 Å². The van der Waals surface area contributed by atoms with Gasteiger partial charge in [-0.2, -0.15) is 0 Å². The molecule has 0 aliphatic carbocycles. The van der Waals surface area contributed by atoms with Crippen LogP contribution in [0.5, 0.6) is 0 Å². The monoisotopic (exact) mass is 195 g/mol. The molecule has 0 unspecified atom stereocenters. The van der Waals surface area contributed by atoms with Gasteiger partial charge in [0.05, 0.1) is 16.3 Å². The van der Waals surface area contributed by atoms with E-state index in [2.05, 4.69) is 20.9 Å². The topological polar surface area (TPSA) is 55.9 Å². The first kappa shape index (κ1) is 9.83. The van der Waals surface area contributed by atoms with E-state index in [1.165, 1.54) is 6.07 Å². The molecule has 1 rings (SSSR count). The first-order valence-electron chi connectivity index (χ1n) is 2.26. The van der Waals surface area contributed by atoms with Gasteiger partial charge in [0.15, 0.2) is 0 Å². The first-order chi connectivity index (χ1) is 4.20. The summed E-state index contributed by atoms with van der Waals surface area (Å²) in [5, 5.41) is 10.1. The van der Waals surface area contributed by atoms with Crippen LogP contribution < -0.4 is 24.0 Å². The van der Waals surface area contributed by atoms with Crippen LogP contribution in [0.2, 0.25) is 0 Å². The Bertz CT molecular complexity index is 235. The van der Waals surface area contributed by atoms with Crippen molar-refractivity contribution in [3.63, 3.8) is 0 Å². The van der Waals surface area contributed by atoms with E-state index in [0.717, 1.165) is 0 Å². The van der Waals surface area contributed by atoms with Crippen LogP contribution in [0.25, 0.3) is 0 Å². The number of carboxylic acid groups (broad SMARTS) is 1. The third kappa shape index (κ3) is 2.22. The van der Waals surface area contributed by atoms with E-state index in [9.17, 15) is 9.90 Å². The van der Waals surface area contributed by atoms with E-state index in [1.54, 1.807) is 6.07 Å². The van der Waals surface area contributed by atoms with E-state index in [1.807, 2.05) is 0 Å². The molecule has 0 saturated heterocycles. The van der Waals surface area contributed by atoms with E-state index in [4.69, 9.17) is 0 Å². The van der Waals surface area contributed by atoms with E-state index in [-0.39, 0.29) is 24.6 Å². The molecule has 0 bridgehead atoms. The van der Waals surface area contributed by atoms with Gasteiger partial charge in [-0.3, -0.25) is 0 Å². The molecule has 0 spiro atoms. The Morgan fingerprint density at radius 2 is 2.20 bits per heavy atom. The fourth-order valence-corrected chi connectivity index (χ4v) is 0.833. The summed E-state index contributed by atoms with van der Waals surface area (Å²) in [6.45, 7) is 0. The van der Waals surface area contributed by atoms with Crippen LogP contribution >= 0.6 is 15.9 Å². The molecule has 1 N–H and O–H groups in total. The van der Waals surface area contributed by atoms with Crippen molar-refractivity contribution in [1.29, 1.82) is 0 Å². The molecule has 0 atom stereocenters. The molecule has 0 radical (unpaired) electrons. The van der Waals surface area contributed by atoms with E-state index in [0.29, 0.717) is 4.60 Å². The van der Waals surface area contributed by atoms with Crippen LogP contribution in [0.3, 0.4) is 0 Å². The molecule has 5 heteroatoms. The third-order valence-corrected chi connectivity index (χ3v) is 1.33. The number of halogens is 1. The summed E-state index contributed by atoms with van der Waals surface area (Å²) in [5.41, 5.74) is 0.0851. The molecule has 0 saturated carbocycles. The maximum absolute atomic E-state index is 10.1. The summed E-state index contributed by atoms with van der Waals surface area (Å²) in [6.07, 6.45) is 0. The van der Waals surface area contributed by atoms with E-state index < -0.39 is 5.97 Å². The first-order valence-corrected chi connectivity index (χ1v) is 3.05. The zero-order valence-corrected chi connectivity index (χ0v) is 6.94. The van der Waals surface area contributed by atoms with Crippen molar-refractivity contribution >= 4 is 21.9 Å². The predicted molar refractivity (Wildman–Crippen MR) is 32.8 cm³/mol. The Hall–Kier alpha value is -0.173. The van der Waals surface area contributed by atoms with Gasteiger partial charge >= 0.3 is 18.9 Å². The molecule has 1 aromatic heterocycles. The fraction of sp³-hybridized carbons (Fsp3) is 0. The second kappa shape index (κ2) is 3.87. The van der Waals surface area contributed by atoms with Crippen LogP contribution in [-0.2, 0) is 0 Å². The standard InChI is InChI=1S/C5H4BrNO2.Li/c6-4-2-1-3(7-4)5(8)9;/h1-2,7H,(H,8,9);/q;+1/p-1. The molecule has 48 valence electrons. The molecule has 0 fully saturated rings. The largest absolute Gasteiger partial charge is 1.00 e. The summed E-state index contributed by atoms with van der Waals surface area (Å²) in [6, 6.07) is 3.03. The van der Waals surface area contributed by atoms with Crippen molar-refractivity contribution < 1.29 is 28.8 Å². The van der Waals surface area contributed by atoms with Crippen molar-refractivity contribution in [1.82, 2.24) is 4.98 Å². The number of H-pyrrole nitrogens is 1. The smallest absolute Gasteiger partial charge is 0.543 e. The van der Waals surface area contributed by atoms with Gasteiger partial charge in [-0.25, -0.2) is 0 Å². The van der Waals surface area contributed by atoms with Gasteiger partial charge in [0, 0.05) is 0 Å². The number of carbonyl (C=O) groups is 1. The van der Waals surface area contributed by atoms with Crippen molar-refractivity contribution in [3.8, 4) is 0 Å². The molecule has 3 nitrogen and oxygen atoms in total. The minimum atomic E-state index is -1.19. The number of nitrogens with one attached hydrogen (secondary N) is 1. The van der Waals surface area contributed by atoms with Crippen molar-refractivity contribution in [2.75, 3.05) is 0 Å². The zero-order valence-electron chi connectivity index (χ0n) is 5.35. The molecule has 1 aromatic rings. The third-order valence-electron chi connectivity index (χ3n) is 0.870. The Labute approximate surface area is 78.1 Å². The summed E-state index contributed by atoms with van der Waals surface area (Å²) in [4.78, 5) is 12.6. The summed E-state index contributed by atoms with van der Waals surface area (Å²) in [7, 11) is 0. The molecular weight excluding hydrogens is 193 g/mol. The minimum Gasteiger partial charge on any atom is -0.543 e. The van der Waals surface area contributed by atoms with Gasteiger partial charge in [-0.15, -0.1) is 0 Å². The average molecular weight is 196 g/mol. The van der Waals surface area contributed by atoms with Crippen molar-refractivity contribution in [3.05, 3.63) is 22.4 Å². The summed E-state index contributed by atoms with van der Waals surface area (Å²) < 4.78 is 0.640. The number of hydrogen-bond donors (Lipinski definition) is 1. The van der Waals surface area contributed by atoms with Gasteiger partial charge in [-0.05, 0) is 28.1 Å². The van der Waals surface area contributed by atoms with Gasteiger partial charge in [-0.1, -0.05) is 0 Å². The zero-order chi connectivity index (χ0) is 6.85. The molecule has 0 amide bonds. The van der Waals surface area contributed by atoms with Crippen LogP contribution in [0, 0.1) is 0 Å². The number of carbonyl (C=O) groups excluding carboxylic acids is 1. The SMILES string of the molecule is O=C([O-])c1ccc(Br)[nH]1.[Li+]. The summed E-state index contributed by atoms with van der Waals surface area (Å²) >= 11 is 3.05. The van der Waals surface area contributed by atoms with Crippen LogP contribution in [0.4, 0.5) is 0 Å². The Balaban J connectivity index is 0.000000810. The van der Waals surface area contributed by atoms with Gasteiger partial charge in [0.1, 0.15) is 0 Å². The second-order valence-corrected chi connectivity index (χ2v) is 2.36. The molecule has 0 aromatic carbocycles. The number of aromatic amines is 1.